The van der Waals surface area contributed by atoms with Crippen molar-refractivity contribution in [2.45, 2.75) is 208 Å². The fourth-order valence-corrected chi connectivity index (χ4v) is 16.6. The molecule has 2 saturated heterocycles. The topological polar surface area (TPSA) is 104 Å². The Labute approximate surface area is 349 Å². The van der Waals surface area contributed by atoms with E-state index in [1.54, 1.807) is 13.8 Å². The van der Waals surface area contributed by atoms with E-state index in [-0.39, 0.29) is 45.6 Å². The Morgan fingerprint density at radius 1 is 0.862 bits per heavy atom. The Morgan fingerprint density at radius 3 is 2.19 bits per heavy atom. The number of carbonyl (C=O) groups excluding carboxylic acids is 3. The minimum Gasteiger partial charge on any atom is -0.462 e. The summed E-state index contributed by atoms with van der Waals surface area (Å²) in [7, 11) is 0. The van der Waals surface area contributed by atoms with Crippen molar-refractivity contribution < 1.29 is 23.9 Å². The molecule has 58 heavy (non-hydrogen) atoms. The number of aromatic nitrogens is 3. The van der Waals surface area contributed by atoms with Gasteiger partial charge in [0.1, 0.15) is 23.4 Å². The molecule has 9 nitrogen and oxygen atoms in total. The molecule has 9 heteroatoms. The molecule has 7 fully saturated rings. The van der Waals surface area contributed by atoms with Gasteiger partial charge in [0, 0.05) is 29.5 Å². The second kappa shape index (κ2) is 14.2. The second-order valence-electron chi connectivity index (χ2n) is 23.2. The Bertz CT molecular complexity index is 1800. The summed E-state index contributed by atoms with van der Waals surface area (Å²) < 4.78 is 13.9. The number of rotatable bonds is 9. The van der Waals surface area contributed by atoms with Crippen LogP contribution < -0.4 is 0 Å². The van der Waals surface area contributed by atoms with Gasteiger partial charge in [0.05, 0.1) is 11.8 Å². The first-order valence-electron chi connectivity index (χ1n) is 23.4. The van der Waals surface area contributed by atoms with E-state index in [2.05, 4.69) is 88.6 Å². The molecule has 12 atom stereocenters. The zero-order valence-electron chi connectivity index (χ0n) is 38.0. The van der Waals surface area contributed by atoms with Crippen molar-refractivity contribution in [1.82, 2.24) is 19.7 Å². The zero-order valence-corrected chi connectivity index (χ0v) is 38.0. The number of esters is 1. The van der Waals surface area contributed by atoms with Crippen LogP contribution in [0.15, 0.2) is 12.2 Å². The quantitative estimate of drug-likeness (QED) is 0.139. The van der Waals surface area contributed by atoms with E-state index < -0.39 is 5.60 Å². The lowest BCUT2D eigenvalue weighted by Crippen LogP contribution is -2.68. The zero-order chi connectivity index (χ0) is 42.0. The fraction of sp³-hybridized carbons (Fsp3) is 0.857. The second-order valence-corrected chi connectivity index (χ2v) is 23.2. The molecule has 5 aliphatic carbocycles. The Balaban J connectivity index is 1.05. The molecule has 0 N–H and O–H groups in total. The van der Waals surface area contributed by atoms with Crippen LogP contribution in [0.1, 0.15) is 189 Å². The lowest BCUT2D eigenvalue weighted by Gasteiger charge is -2.73. The molecule has 2 bridgehead atoms. The van der Waals surface area contributed by atoms with E-state index in [9.17, 15) is 9.59 Å². The third-order valence-electron chi connectivity index (χ3n) is 19.4. The highest BCUT2D eigenvalue weighted by Gasteiger charge is 2.73. The Morgan fingerprint density at radius 2 is 1.55 bits per heavy atom. The molecule has 8 rings (SSSR count). The third-order valence-corrected chi connectivity index (χ3v) is 19.4. The van der Waals surface area contributed by atoms with Gasteiger partial charge in [-0.05, 0) is 163 Å². The standard InChI is InChI=1S/C49H76N4O5/c1-29(2)35-17-22-49(43(56)53-32-13-14-33(53)26-34(25-32)52-31(5)50-51-42(52)30(3)4)24-23-47(11)36(41(35)49)15-16-38-46(10)20-19-39(58-40(55)27-44(6,7)57-28-54)45(8,9)37(46)18-21-48(38,47)12/h28,30,32-39,41H,1,13-27H2,2-12H3/t32?,33?,34?,35-,36+,37-,38+,39-,41+,46-,47+,48+,49-/m0/s1. The third kappa shape index (κ3) is 6.04. The SMILES string of the molecule is C=C(C)[C@@H]1CC[C@]2(C(=O)N3C4CCC3CC(n3c(C)nnc3C(C)C)C4)CC[C@]3(C)[C@H](CC[C@@H]4[C@@]5(C)CC[C@H](OC(=O)CC(C)(C)OC=O)C(C)(C)[C@@H]5CC[C@]43C)[C@@H]12. The van der Waals surface area contributed by atoms with Crippen LogP contribution in [0.5, 0.6) is 0 Å². The van der Waals surface area contributed by atoms with E-state index in [0.29, 0.717) is 66.0 Å². The average molecular weight is 801 g/mol. The van der Waals surface area contributed by atoms with Crippen molar-refractivity contribution in [3.8, 4) is 0 Å². The van der Waals surface area contributed by atoms with Crippen LogP contribution in [0.25, 0.3) is 0 Å². The van der Waals surface area contributed by atoms with Gasteiger partial charge in [0.15, 0.2) is 0 Å². The van der Waals surface area contributed by atoms with Crippen molar-refractivity contribution in [3.63, 3.8) is 0 Å². The molecule has 0 spiro atoms. The molecule has 0 aromatic carbocycles. The predicted molar refractivity (Wildman–Crippen MR) is 225 cm³/mol. The van der Waals surface area contributed by atoms with Gasteiger partial charge >= 0.3 is 5.97 Å². The molecule has 0 radical (unpaired) electrons. The van der Waals surface area contributed by atoms with E-state index >= 15 is 4.79 Å². The highest BCUT2D eigenvalue weighted by atomic mass is 16.6. The molecule has 2 unspecified atom stereocenters. The van der Waals surface area contributed by atoms with E-state index in [0.717, 1.165) is 82.3 Å². The molecule has 2 aliphatic heterocycles. The molecule has 1 aromatic heterocycles. The van der Waals surface area contributed by atoms with Gasteiger partial charge < -0.3 is 18.9 Å². The summed E-state index contributed by atoms with van der Waals surface area (Å²) in [6.45, 7) is 30.0. The monoisotopic (exact) mass is 801 g/mol. The Kier molecular flexibility index (Phi) is 10.3. The largest absolute Gasteiger partial charge is 0.462 e. The number of hydrogen-bond donors (Lipinski definition) is 0. The normalized spacial score (nSPS) is 42.8. The first kappa shape index (κ1) is 42.0. The maximum atomic E-state index is 15.7. The molecular weight excluding hydrogens is 725 g/mol. The molecule has 3 heterocycles. The molecule has 1 amide bonds. The van der Waals surface area contributed by atoms with E-state index in [1.807, 2.05) is 0 Å². The van der Waals surface area contributed by atoms with Gasteiger partial charge in [-0.2, -0.15) is 0 Å². The van der Waals surface area contributed by atoms with Crippen molar-refractivity contribution in [2.24, 2.45) is 56.7 Å². The van der Waals surface area contributed by atoms with Gasteiger partial charge in [-0.15, -0.1) is 10.2 Å². The van der Waals surface area contributed by atoms with Crippen LogP contribution in [0.3, 0.4) is 0 Å². The number of fused-ring (bicyclic) bond motifs is 9. The van der Waals surface area contributed by atoms with E-state index in [1.165, 1.54) is 24.8 Å². The highest BCUT2D eigenvalue weighted by molar-refractivity contribution is 5.85. The van der Waals surface area contributed by atoms with Gasteiger partial charge in [0.25, 0.3) is 6.47 Å². The number of allylic oxidation sites excluding steroid dienone is 1. The lowest BCUT2D eigenvalue weighted by molar-refractivity contribution is -0.250. The van der Waals surface area contributed by atoms with Crippen LogP contribution in [0, 0.1) is 63.6 Å². The Hall–Kier alpha value is -2.71. The van der Waals surface area contributed by atoms with Crippen molar-refractivity contribution in [3.05, 3.63) is 23.8 Å². The number of carbonyl (C=O) groups is 3. The molecule has 7 aliphatic rings. The average Bonchev–Trinajstić information content (AvgIpc) is 3.80. The number of aryl methyl sites for hydroxylation is 1. The van der Waals surface area contributed by atoms with Gasteiger partial charge in [0.2, 0.25) is 5.91 Å². The highest BCUT2D eigenvalue weighted by Crippen LogP contribution is 2.78. The minimum atomic E-state index is -0.885. The van der Waals surface area contributed by atoms with Crippen LogP contribution in [-0.2, 0) is 23.9 Å². The van der Waals surface area contributed by atoms with Gasteiger partial charge in [-0.3, -0.25) is 14.4 Å². The summed E-state index contributed by atoms with van der Waals surface area (Å²) in [4.78, 5) is 42.5. The fourth-order valence-electron chi connectivity index (χ4n) is 16.6. The summed E-state index contributed by atoms with van der Waals surface area (Å²) in [5.41, 5.74) is 0.380. The summed E-state index contributed by atoms with van der Waals surface area (Å²) >= 11 is 0. The van der Waals surface area contributed by atoms with Crippen molar-refractivity contribution in [1.29, 1.82) is 0 Å². The van der Waals surface area contributed by atoms with Crippen LogP contribution >= 0.6 is 0 Å². The van der Waals surface area contributed by atoms with Crippen molar-refractivity contribution >= 4 is 18.3 Å². The molecule has 1 aromatic rings. The van der Waals surface area contributed by atoms with Crippen molar-refractivity contribution in [2.75, 3.05) is 0 Å². The molecule has 5 saturated carbocycles. The maximum absolute atomic E-state index is 15.7. The number of piperidine rings is 1. The van der Waals surface area contributed by atoms with Gasteiger partial charge in [-0.25, -0.2) is 0 Å². The first-order chi connectivity index (χ1) is 27.1. The van der Waals surface area contributed by atoms with Crippen LogP contribution in [0.4, 0.5) is 0 Å². The summed E-state index contributed by atoms with van der Waals surface area (Å²) in [5, 5.41) is 9.11. The van der Waals surface area contributed by atoms with Gasteiger partial charge in [-0.1, -0.05) is 60.6 Å². The number of nitrogens with zero attached hydrogens (tertiary/aromatic N) is 4. The summed E-state index contributed by atoms with van der Waals surface area (Å²) in [5.74, 6) is 4.90. The number of amides is 1. The minimum absolute atomic E-state index is 0.0543. The molecular formula is C49H76N4O5. The van der Waals surface area contributed by atoms with Crippen LogP contribution in [0.2, 0.25) is 0 Å². The smallest absolute Gasteiger partial charge is 0.310 e. The number of hydrogen-bond acceptors (Lipinski definition) is 7. The number of ether oxygens (including phenoxy) is 2. The van der Waals surface area contributed by atoms with Crippen LogP contribution in [-0.4, -0.2) is 61.8 Å². The summed E-state index contributed by atoms with van der Waals surface area (Å²) in [6, 6.07) is 0.947. The molecule has 322 valence electrons. The first-order valence-corrected chi connectivity index (χ1v) is 23.4. The lowest BCUT2D eigenvalue weighted by atomic mass is 9.32. The predicted octanol–water partition coefficient (Wildman–Crippen LogP) is 10.3. The summed E-state index contributed by atoms with van der Waals surface area (Å²) in [6.07, 6.45) is 15.0. The van der Waals surface area contributed by atoms with E-state index in [4.69, 9.17) is 9.47 Å². The maximum Gasteiger partial charge on any atom is 0.310 e.